The lowest BCUT2D eigenvalue weighted by atomic mass is 9.75. The van der Waals surface area contributed by atoms with Gasteiger partial charge in [0.15, 0.2) is 0 Å². The van der Waals surface area contributed by atoms with E-state index < -0.39 is 0 Å². The molecular formula is C15H28O. The highest BCUT2D eigenvalue weighted by Crippen LogP contribution is 2.35. The maximum absolute atomic E-state index is 6.02. The number of allylic oxidation sites excluding steroid dienone is 1. The first-order chi connectivity index (χ1) is 7.54. The van der Waals surface area contributed by atoms with Crippen LogP contribution in [0.3, 0.4) is 0 Å². The highest BCUT2D eigenvalue weighted by Gasteiger charge is 2.31. The van der Waals surface area contributed by atoms with E-state index >= 15 is 0 Å². The fourth-order valence-corrected chi connectivity index (χ4v) is 2.56. The Balaban J connectivity index is 2.57. The van der Waals surface area contributed by atoms with Crippen molar-refractivity contribution in [2.75, 3.05) is 0 Å². The molecule has 0 aromatic rings. The Bertz CT molecular complexity index is 230. The Kier molecular flexibility index (Phi) is 5.37. The Labute approximate surface area is 101 Å². The SMILES string of the molecule is CCC(C)=COC1CC(C)CCC1C(C)C. The second-order valence-electron chi connectivity index (χ2n) is 5.82. The third kappa shape index (κ3) is 3.84. The van der Waals surface area contributed by atoms with Crippen molar-refractivity contribution < 1.29 is 4.74 Å². The summed E-state index contributed by atoms with van der Waals surface area (Å²) in [6, 6.07) is 0. The van der Waals surface area contributed by atoms with Gasteiger partial charge in [0.2, 0.25) is 0 Å². The van der Waals surface area contributed by atoms with Crippen molar-refractivity contribution in [3.8, 4) is 0 Å². The quantitative estimate of drug-likeness (QED) is 0.625. The standard InChI is InChI=1S/C15H28O/c1-6-12(4)10-16-15-9-13(5)7-8-14(15)11(2)3/h10-11,13-15H,6-9H2,1-5H3. The van der Waals surface area contributed by atoms with Gasteiger partial charge in [0.25, 0.3) is 0 Å². The van der Waals surface area contributed by atoms with E-state index in [0.717, 1.165) is 24.2 Å². The molecule has 0 saturated heterocycles. The molecule has 3 atom stereocenters. The van der Waals surface area contributed by atoms with Crippen LogP contribution in [0.4, 0.5) is 0 Å². The van der Waals surface area contributed by atoms with E-state index in [4.69, 9.17) is 4.74 Å². The highest BCUT2D eigenvalue weighted by molar-refractivity contribution is 4.93. The topological polar surface area (TPSA) is 9.23 Å². The zero-order chi connectivity index (χ0) is 12.1. The van der Waals surface area contributed by atoms with Gasteiger partial charge in [0.05, 0.1) is 6.26 Å². The molecule has 1 rings (SSSR count). The van der Waals surface area contributed by atoms with E-state index in [-0.39, 0.29) is 0 Å². The average Bonchev–Trinajstić information content (AvgIpc) is 2.25. The van der Waals surface area contributed by atoms with Crippen LogP contribution in [0.5, 0.6) is 0 Å². The van der Waals surface area contributed by atoms with Crippen LogP contribution in [-0.2, 0) is 4.74 Å². The second kappa shape index (κ2) is 6.32. The molecule has 1 saturated carbocycles. The van der Waals surface area contributed by atoms with Crippen molar-refractivity contribution in [3.63, 3.8) is 0 Å². The molecule has 0 heterocycles. The second-order valence-corrected chi connectivity index (χ2v) is 5.82. The highest BCUT2D eigenvalue weighted by atomic mass is 16.5. The molecule has 16 heavy (non-hydrogen) atoms. The molecular weight excluding hydrogens is 196 g/mol. The Morgan fingerprint density at radius 1 is 1.38 bits per heavy atom. The van der Waals surface area contributed by atoms with Crippen LogP contribution in [-0.4, -0.2) is 6.10 Å². The Morgan fingerprint density at radius 3 is 2.62 bits per heavy atom. The lowest BCUT2D eigenvalue weighted by Gasteiger charge is -2.36. The van der Waals surface area contributed by atoms with E-state index in [9.17, 15) is 0 Å². The van der Waals surface area contributed by atoms with Crippen molar-refractivity contribution in [3.05, 3.63) is 11.8 Å². The Morgan fingerprint density at radius 2 is 2.06 bits per heavy atom. The number of rotatable bonds is 4. The summed E-state index contributed by atoms with van der Waals surface area (Å²) in [5.74, 6) is 2.32. The summed E-state index contributed by atoms with van der Waals surface area (Å²) in [6.07, 6.45) is 7.48. The first-order valence-electron chi connectivity index (χ1n) is 6.85. The maximum atomic E-state index is 6.02. The Hall–Kier alpha value is -0.460. The predicted molar refractivity (Wildman–Crippen MR) is 70.3 cm³/mol. The first-order valence-corrected chi connectivity index (χ1v) is 6.85. The summed E-state index contributed by atoms with van der Waals surface area (Å²) in [6.45, 7) is 11.3. The third-order valence-electron chi connectivity index (χ3n) is 3.96. The van der Waals surface area contributed by atoms with Crippen molar-refractivity contribution in [2.45, 2.75) is 66.4 Å². The van der Waals surface area contributed by atoms with Crippen molar-refractivity contribution >= 4 is 0 Å². The molecule has 1 aliphatic rings. The van der Waals surface area contributed by atoms with Gasteiger partial charge in [-0.2, -0.15) is 0 Å². The van der Waals surface area contributed by atoms with Crippen molar-refractivity contribution in [1.82, 2.24) is 0 Å². The fourth-order valence-electron chi connectivity index (χ4n) is 2.56. The zero-order valence-corrected chi connectivity index (χ0v) is 11.6. The van der Waals surface area contributed by atoms with Gasteiger partial charge in [-0.1, -0.05) is 34.1 Å². The largest absolute Gasteiger partial charge is 0.498 e. The van der Waals surface area contributed by atoms with Gasteiger partial charge in [0, 0.05) is 0 Å². The molecule has 1 nitrogen and oxygen atoms in total. The molecule has 0 amide bonds. The van der Waals surface area contributed by atoms with Gasteiger partial charge in [-0.3, -0.25) is 0 Å². The van der Waals surface area contributed by atoms with Crippen LogP contribution in [0.25, 0.3) is 0 Å². The normalized spacial score (nSPS) is 31.9. The first kappa shape index (κ1) is 13.6. The van der Waals surface area contributed by atoms with E-state index in [1.54, 1.807) is 0 Å². The van der Waals surface area contributed by atoms with Crippen LogP contribution in [0.1, 0.15) is 60.3 Å². The van der Waals surface area contributed by atoms with Crippen molar-refractivity contribution in [1.29, 1.82) is 0 Å². The minimum atomic E-state index is 0.449. The molecule has 1 heteroatoms. The zero-order valence-electron chi connectivity index (χ0n) is 11.6. The fraction of sp³-hybridized carbons (Fsp3) is 0.867. The van der Waals surface area contributed by atoms with Gasteiger partial charge < -0.3 is 4.74 Å². The molecule has 94 valence electrons. The van der Waals surface area contributed by atoms with Gasteiger partial charge in [-0.25, -0.2) is 0 Å². The lowest BCUT2D eigenvalue weighted by Crippen LogP contribution is -2.33. The maximum Gasteiger partial charge on any atom is 0.101 e. The van der Waals surface area contributed by atoms with Crippen LogP contribution >= 0.6 is 0 Å². The van der Waals surface area contributed by atoms with E-state index in [1.807, 2.05) is 6.26 Å². The molecule has 0 N–H and O–H groups in total. The van der Waals surface area contributed by atoms with Crippen LogP contribution < -0.4 is 0 Å². The number of ether oxygens (including phenoxy) is 1. The molecule has 0 bridgehead atoms. The van der Waals surface area contributed by atoms with Gasteiger partial charge >= 0.3 is 0 Å². The predicted octanol–water partition coefficient (Wildman–Crippen LogP) is 4.78. The molecule has 0 radical (unpaired) electrons. The summed E-state index contributed by atoms with van der Waals surface area (Å²) in [7, 11) is 0. The van der Waals surface area contributed by atoms with Crippen LogP contribution in [0, 0.1) is 17.8 Å². The molecule has 0 aromatic carbocycles. The van der Waals surface area contributed by atoms with E-state index in [0.29, 0.717) is 6.10 Å². The number of hydrogen-bond donors (Lipinski definition) is 0. The summed E-state index contributed by atoms with van der Waals surface area (Å²) < 4.78 is 6.02. The monoisotopic (exact) mass is 224 g/mol. The molecule has 0 spiro atoms. The lowest BCUT2D eigenvalue weighted by molar-refractivity contribution is 0.0126. The molecule has 1 aliphatic carbocycles. The molecule has 0 aromatic heterocycles. The number of hydrogen-bond acceptors (Lipinski definition) is 1. The van der Waals surface area contributed by atoms with E-state index in [1.165, 1.54) is 24.8 Å². The van der Waals surface area contributed by atoms with Crippen molar-refractivity contribution in [2.24, 2.45) is 17.8 Å². The van der Waals surface area contributed by atoms with Crippen LogP contribution in [0.15, 0.2) is 11.8 Å². The molecule has 0 aliphatic heterocycles. The summed E-state index contributed by atoms with van der Waals surface area (Å²) >= 11 is 0. The average molecular weight is 224 g/mol. The van der Waals surface area contributed by atoms with Gasteiger partial charge in [-0.15, -0.1) is 0 Å². The van der Waals surface area contributed by atoms with Gasteiger partial charge in [-0.05, 0) is 49.5 Å². The van der Waals surface area contributed by atoms with Crippen LogP contribution in [0.2, 0.25) is 0 Å². The summed E-state index contributed by atoms with van der Waals surface area (Å²) in [5, 5.41) is 0. The smallest absolute Gasteiger partial charge is 0.101 e. The molecule has 1 fully saturated rings. The minimum Gasteiger partial charge on any atom is -0.498 e. The summed E-state index contributed by atoms with van der Waals surface area (Å²) in [4.78, 5) is 0. The summed E-state index contributed by atoms with van der Waals surface area (Å²) in [5.41, 5.74) is 1.35. The van der Waals surface area contributed by atoms with E-state index in [2.05, 4.69) is 34.6 Å². The molecule has 3 unspecified atom stereocenters. The third-order valence-corrected chi connectivity index (χ3v) is 3.96. The van der Waals surface area contributed by atoms with Gasteiger partial charge in [0.1, 0.15) is 6.10 Å². The minimum absolute atomic E-state index is 0.449.